The lowest BCUT2D eigenvalue weighted by Crippen LogP contribution is -1.97. The maximum atomic E-state index is 10.2. The lowest BCUT2D eigenvalue weighted by atomic mass is 10.6. The van der Waals surface area contributed by atoms with E-state index in [9.17, 15) is 4.79 Å². The summed E-state index contributed by atoms with van der Waals surface area (Å²) in [5.41, 5.74) is 0. The van der Waals surface area contributed by atoms with Gasteiger partial charge in [-0.2, -0.15) is 5.26 Å². The fraction of sp³-hybridized carbons (Fsp3) is 0.200. The van der Waals surface area contributed by atoms with E-state index in [0.717, 1.165) is 6.92 Å². The average molecular weight is 180 g/mol. The first kappa shape index (κ1) is 9.28. The number of nitrogens with zero attached hydrogens (tertiary/aromatic N) is 1. The van der Waals surface area contributed by atoms with Gasteiger partial charge in [-0.1, -0.05) is 23.2 Å². The first-order valence-corrected chi connectivity index (χ1v) is 2.97. The molecule has 0 aromatic carbocycles. The van der Waals surface area contributed by atoms with Crippen LogP contribution in [0.4, 0.5) is 0 Å². The highest BCUT2D eigenvalue weighted by Crippen LogP contribution is 2.14. The Morgan fingerprint density at radius 1 is 1.60 bits per heavy atom. The molecule has 0 spiro atoms. The van der Waals surface area contributed by atoms with Crippen LogP contribution in [-0.4, -0.2) is 5.97 Å². The summed E-state index contributed by atoms with van der Waals surface area (Å²) in [5.74, 6) is -1.01. The van der Waals surface area contributed by atoms with Gasteiger partial charge in [-0.25, -0.2) is 0 Å². The summed E-state index contributed by atoms with van der Waals surface area (Å²) >= 11 is 10.3. The molecule has 3 nitrogen and oxygen atoms in total. The van der Waals surface area contributed by atoms with Crippen LogP contribution in [0.3, 0.4) is 0 Å². The Kier molecular flexibility index (Phi) is 3.85. The van der Waals surface area contributed by atoms with E-state index in [2.05, 4.69) is 4.74 Å². The number of hydrogen-bond acceptors (Lipinski definition) is 3. The maximum absolute atomic E-state index is 10.2. The van der Waals surface area contributed by atoms with Crippen LogP contribution in [0.5, 0.6) is 0 Å². The summed E-state index contributed by atoms with van der Waals surface area (Å²) in [5, 5.41) is 8.19. The number of allylic oxidation sites excluding steroid dienone is 1. The molecule has 0 saturated heterocycles. The molecule has 0 rings (SSSR count). The first-order chi connectivity index (χ1) is 4.57. The molecule has 0 bridgehead atoms. The van der Waals surface area contributed by atoms with Gasteiger partial charge in [0.1, 0.15) is 6.07 Å². The Labute approximate surface area is 67.8 Å². The molecule has 54 valence electrons. The lowest BCUT2D eigenvalue weighted by molar-refractivity contribution is -0.136. The molecular formula is C5H3Cl2NO2. The van der Waals surface area contributed by atoms with Gasteiger partial charge < -0.3 is 4.74 Å². The third-order valence-electron chi connectivity index (χ3n) is 0.519. The van der Waals surface area contributed by atoms with Crippen LogP contribution in [-0.2, 0) is 9.53 Å². The number of rotatable bonds is 1. The second kappa shape index (κ2) is 4.15. The largest absolute Gasteiger partial charge is 0.413 e. The molecule has 0 aliphatic carbocycles. The molecule has 10 heavy (non-hydrogen) atoms. The van der Waals surface area contributed by atoms with Crippen molar-refractivity contribution in [1.29, 1.82) is 5.26 Å². The number of hydrogen-bond donors (Lipinski definition) is 0. The second-order valence-corrected chi connectivity index (χ2v) is 2.24. The predicted octanol–water partition coefficient (Wildman–Crippen LogP) is 1.72. The highest BCUT2D eigenvalue weighted by Gasteiger charge is 2.04. The number of carbonyl (C=O) groups excluding carboxylic acids is 1. The molecule has 0 radical (unpaired) electrons. The topological polar surface area (TPSA) is 50.1 Å². The number of ether oxygens (including phenoxy) is 1. The van der Waals surface area contributed by atoms with Crippen LogP contribution in [0.2, 0.25) is 0 Å². The quantitative estimate of drug-likeness (QED) is 0.350. The fourth-order valence-corrected chi connectivity index (χ4v) is 0.409. The normalized spacial score (nSPS) is 7.80. The van der Waals surface area contributed by atoms with E-state index >= 15 is 0 Å². The van der Waals surface area contributed by atoms with Gasteiger partial charge in [0, 0.05) is 6.92 Å². The van der Waals surface area contributed by atoms with Gasteiger partial charge >= 0.3 is 5.97 Å². The SMILES string of the molecule is CC(=O)OC(C#N)=C(Cl)Cl. The van der Waals surface area contributed by atoms with Crippen LogP contribution in [0.15, 0.2) is 10.3 Å². The standard InChI is InChI=1S/C5H3Cl2NO2/c1-3(9)10-4(2-8)5(6)7/h1H3. The molecule has 0 unspecified atom stereocenters. The third kappa shape index (κ3) is 3.33. The van der Waals surface area contributed by atoms with Gasteiger partial charge in [0.05, 0.1) is 0 Å². The van der Waals surface area contributed by atoms with E-state index in [1.54, 1.807) is 0 Å². The zero-order valence-electron chi connectivity index (χ0n) is 5.02. The van der Waals surface area contributed by atoms with Gasteiger partial charge in [-0.05, 0) is 0 Å². The van der Waals surface area contributed by atoms with E-state index in [-0.39, 0.29) is 10.3 Å². The van der Waals surface area contributed by atoms with Crippen molar-refractivity contribution < 1.29 is 9.53 Å². The molecule has 0 heterocycles. The molecule has 0 aliphatic heterocycles. The van der Waals surface area contributed by atoms with E-state index < -0.39 is 5.97 Å². The zero-order chi connectivity index (χ0) is 8.15. The molecule has 0 aliphatic rings. The lowest BCUT2D eigenvalue weighted by Gasteiger charge is -1.95. The molecule has 0 atom stereocenters. The van der Waals surface area contributed by atoms with Crippen molar-refractivity contribution in [2.45, 2.75) is 6.92 Å². The minimum atomic E-state index is -0.629. The number of nitriles is 1. The molecule has 0 aromatic rings. The molecular weight excluding hydrogens is 177 g/mol. The van der Waals surface area contributed by atoms with Gasteiger partial charge in [-0.3, -0.25) is 4.79 Å². The van der Waals surface area contributed by atoms with E-state index in [4.69, 9.17) is 28.5 Å². The average Bonchev–Trinajstić information content (AvgIpc) is 1.81. The first-order valence-electron chi connectivity index (χ1n) is 2.21. The Morgan fingerprint density at radius 2 is 2.10 bits per heavy atom. The smallest absolute Gasteiger partial charge is 0.308 e. The van der Waals surface area contributed by atoms with Gasteiger partial charge in [0.15, 0.2) is 4.49 Å². The Morgan fingerprint density at radius 3 is 2.20 bits per heavy atom. The Hall–Kier alpha value is -0.720. The summed E-state index contributed by atoms with van der Waals surface area (Å²) in [6.45, 7) is 1.15. The molecule has 0 N–H and O–H groups in total. The highest BCUT2D eigenvalue weighted by molar-refractivity contribution is 6.56. The van der Waals surface area contributed by atoms with Gasteiger partial charge in [0.25, 0.3) is 0 Å². The highest BCUT2D eigenvalue weighted by atomic mass is 35.5. The van der Waals surface area contributed by atoms with E-state index in [0.29, 0.717) is 0 Å². The van der Waals surface area contributed by atoms with Gasteiger partial charge in [0.2, 0.25) is 5.76 Å². The molecule has 0 amide bonds. The molecule has 0 aromatic heterocycles. The summed E-state index contributed by atoms with van der Waals surface area (Å²) < 4.78 is 3.93. The zero-order valence-corrected chi connectivity index (χ0v) is 6.53. The van der Waals surface area contributed by atoms with Crippen molar-refractivity contribution in [3.05, 3.63) is 10.3 Å². The number of halogens is 2. The van der Waals surface area contributed by atoms with Crippen molar-refractivity contribution in [3.63, 3.8) is 0 Å². The predicted molar refractivity (Wildman–Crippen MR) is 36.1 cm³/mol. The van der Waals surface area contributed by atoms with Crippen molar-refractivity contribution in [3.8, 4) is 6.07 Å². The van der Waals surface area contributed by atoms with E-state index in [1.165, 1.54) is 6.07 Å². The van der Waals surface area contributed by atoms with Crippen molar-refractivity contribution in [2.75, 3.05) is 0 Å². The minimum Gasteiger partial charge on any atom is -0.413 e. The third-order valence-corrected chi connectivity index (χ3v) is 0.862. The minimum absolute atomic E-state index is 0.349. The molecule has 5 heteroatoms. The van der Waals surface area contributed by atoms with Gasteiger partial charge in [-0.15, -0.1) is 0 Å². The monoisotopic (exact) mass is 179 g/mol. The second-order valence-electron chi connectivity index (χ2n) is 1.29. The van der Waals surface area contributed by atoms with Crippen LogP contribution >= 0.6 is 23.2 Å². The van der Waals surface area contributed by atoms with Crippen LogP contribution < -0.4 is 0 Å². The van der Waals surface area contributed by atoms with Crippen LogP contribution in [0.25, 0.3) is 0 Å². The fourth-order valence-electron chi connectivity index (χ4n) is 0.247. The van der Waals surface area contributed by atoms with E-state index in [1.807, 2.05) is 0 Å². The van der Waals surface area contributed by atoms with Crippen LogP contribution in [0.1, 0.15) is 6.92 Å². The molecule has 0 fully saturated rings. The van der Waals surface area contributed by atoms with Crippen molar-refractivity contribution in [1.82, 2.24) is 0 Å². The Bertz CT molecular complexity index is 212. The summed E-state index contributed by atoms with van der Waals surface area (Å²) in [6.07, 6.45) is 0. The summed E-state index contributed by atoms with van der Waals surface area (Å²) in [6, 6.07) is 1.51. The van der Waals surface area contributed by atoms with Crippen LogP contribution in [0, 0.1) is 11.3 Å². The number of carbonyl (C=O) groups is 1. The number of esters is 1. The maximum Gasteiger partial charge on any atom is 0.308 e. The summed E-state index contributed by atoms with van der Waals surface area (Å²) in [4.78, 5) is 10.2. The van der Waals surface area contributed by atoms with Crippen molar-refractivity contribution >= 4 is 29.2 Å². The molecule has 0 saturated carbocycles. The Balaban J connectivity index is 4.30. The van der Waals surface area contributed by atoms with Crippen molar-refractivity contribution in [2.24, 2.45) is 0 Å². The summed E-state index contributed by atoms with van der Waals surface area (Å²) in [7, 11) is 0.